The minimum Gasteiger partial charge on any atom is -0.370 e. The van der Waals surface area contributed by atoms with Crippen molar-refractivity contribution >= 4 is 11.6 Å². The Labute approximate surface area is 121 Å². The molecule has 4 heteroatoms. The lowest BCUT2D eigenvalue weighted by molar-refractivity contribution is 0.602. The number of aromatic nitrogens is 2. The first-order chi connectivity index (χ1) is 9.67. The van der Waals surface area contributed by atoms with Crippen molar-refractivity contribution in [3.63, 3.8) is 0 Å². The third-order valence-electron chi connectivity index (χ3n) is 4.49. The van der Waals surface area contributed by atoms with E-state index in [1.54, 1.807) is 0 Å². The highest BCUT2D eigenvalue weighted by Crippen LogP contribution is 2.40. The molecule has 0 aromatic carbocycles. The molecule has 110 valence electrons. The summed E-state index contributed by atoms with van der Waals surface area (Å²) in [6, 6.07) is 0.583. The fraction of sp³-hybridized carbons (Fsp3) is 0.750. The first-order valence-corrected chi connectivity index (χ1v) is 8.06. The zero-order valence-corrected chi connectivity index (χ0v) is 12.9. The third kappa shape index (κ3) is 2.89. The minimum atomic E-state index is 0.583. The maximum Gasteiger partial charge on any atom is 0.136 e. The van der Waals surface area contributed by atoms with Crippen LogP contribution in [0.2, 0.25) is 0 Å². The molecule has 4 nitrogen and oxygen atoms in total. The van der Waals surface area contributed by atoms with E-state index in [1.807, 2.05) is 0 Å². The van der Waals surface area contributed by atoms with Crippen molar-refractivity contribution in [1.29, 1.82) is 0 Å². The SMILES string of the molecule is CCNc1nc(C2CC2)nc(NC2CCC(C)C2)c1C. The lowest BCUT2D eigenvalue weighted by Gasteiger charge is -2.18. The van der Waals surface area contributed by atoms with Crippen molar-refractivity contribution in [3.05, 3.63) is 11.4 Å². The van der Waals surface area contributed by atoms with E-state index in [2.05, 4.69) is 31.4 Å². The second kappa shape index (κ2) is 5.58. The van der Waals surface area contributed by atoms with E-state index in [-0.39, 0.29) is 0 Å². The van der Waals surface area contributed by atoms with Crippen LogP contribution in [-0.4, -0.2) is 22.6 Å². The van der Waals surface area contributed by atoms with Gasteiger partial charge in [-0.1, -0.05) is 6.92 Å². The number of hydrogen-bond donors (Lipinski definition) is 2. The molecule has 2 atom stereocenters. The first kappa shape index (κ1) is 13.7. The molecule has 1 heterocycles. The fourth-order valence-electron chi connectivity index (χ4n) is 3.07. The Balaban J connectivity index is 1.83. The Morgan fingerprint density at radius 3 is 2.45 bits per heavy atom. The highest BCUT2D eigenvalue weighted by molar-refractivity contribution is 5.58. The van der Waals surface area contributed by atoms with E-state index in [4.69, 9.17) is 9.97 Å². The van der Waals surface area contributed by atoms with Gasteiger partial charge in [0.15, 0.2) is 0 Å². The van der Waals surface area contributed by atoms with Gasteiger partial charge in [-0.25, -0.2) is 9.97 Å². The summed E-state index contributed by atoms with van der Waals surface area (Å²) < 4.78 is 0. The minimum absolute atomic E-state index is 0.583. The van der Waals surface area contributed by atoms with Crippen molar-refractivity contribution in [2.75, 3.05) is 17.2 Å². The average molecular weight is 274 g/mol. The van der Waals surface area contributed by atoms with Gasteiger partial charge in [-0.2, -0.15) is 0 Å². The molecule has 2 aliphatic carbocycles. The Morgan fingerprint density at radius 2 is 1.85 bits per heavy atom. The second-order valence-electron chi connectivity index (χ2n) is 6.47. The molecular formula is C16H26N4. The topological polar surface area (TPSA) is 49.8 Å². The molecule has 20 heavy (non-hydrogen) atoms. The number of nitrogens with one attached hydrogen (secondary N) is 2. The summed E-state index contributed by atoms with van der Waals surface area (Å²) in [7, 11) is 0. The van der Waals surface area contributed by atoms with Crippen LogP contribution in [0.5, 0.6) is 0 Å². The molecule has 0 radical (unpaired) electrons. The summed E-state index contributed by atoms with van der Waals surface area (Å²) in [6.07, 6.45) is 6.35. The molecular weight excluding hydrogens is 248 g/mol. The molecule has 2 unspecified atom stereocenters. The van der Waals surface area contributed by atoms with Gasteiger partial charge in [0.25, 0.3) is 0 Å². The van der Waals surface area contributed by atoms with E-state index in [0.717, 1.165) is 35.5 Å². The van der Waals surface area contributed by atoms with Crippen molar-refractivity contribution in [2.45, 2.75) is 64.8 Å². The normalized spacial score (nSPS) is 25.8. The van der Waals surface area contributed by atoms with Crippen LogP contribution in [0.25, 0.3) is 0 Å². The maximum absolute atomic E-state index is 4.80. The standard InChI is InChI=1S/C16H26N4/c1-4-17-14-11(3)15(18-13-8-5-10(2)9-13)20-16(19-14)12-6-7-12/h10,12-13H,4-9H2,1-3H3,(H2,17,18,19,20). The van der Waals surface area contributed by atoms with Gasteiger partial charge in [0.2, 0.25) is 0 Å². The van der Waals surface area contributed by atoms with Crippen LogP contribution in [-0.2, 0) is 0 Å². The zero-order valence-electron chi connectivity index (χ0n) is 12.9. The molecule has 2 saturated carbocycles. The van der Waals surface area contributed by atoms with Crippen LogP contribution in [0.4, 0.5) is 11.6 Å². The van der Waals surface area contributed by atoms with E-state index < -0.39 is 0 Å². The Kier molecular flexibility index (Phi) is 3.81. The van der Waals surface area contributed by atoms with Gasteiger partial charge < -0.3 is 10.6 Å². The van der Waals surface area contributed by atoms with Gasteiger partial charge in [-0.15, -0.1) is 0 Å². The molecule has 0 amide bonds. The predicted octanol–water partition coefficient (Wildman–Crippen LogP) is 3.69. The van der Waals surface area contributed by atoms with Crippen molar-refractivity contribution < 1.29 is 0 Å². The van der Waals surface area contributed by atoms with Crippen LogP contribution < -0.4 is 10.6 Å². The monoisotopic (exact) mass is 274 g/mol. The molecule has 2 N–H and O–H groups in total. The largest absolute Gasteiger partial charge is 0.370 e. The van der Waals surface area contributed by atoms with Gasteiger partial charge in [0, 0.05) is 24.1 Å². The fourth-order valence-corrected chi connectivity index (χ4v) is 3.07. The summed E-state index contributed by atoms with van der Waals surface area (Å²) in [6.45, 7) is 7.48. The Bertz CT molecular complexity index is 482. The lowest BCUT2D eigenvalue weighted by Crippen LogP contribution is -2.19. The highest BCUT2D eigenvalue weighted by Gasteiger charge is 2.29. The smallest absolute Gasteiger partial charge is 0.136 e. The van der Waals surface area contributed by atoms with Crippen molar-refractivity contribution in [1.82, 2.24) is 9.97 Å². The Morgan fingerprint density at radius 1 is 1.10 bits per heavy atom. The maximum atomic E-state index is 4.80. The highest BCUT2D eigenvalue weighted by atomic mass is 15.1. The summed E-state index contributed by atoms with van der Waals surface area (Å²) in [5.41, 5.74) is 1.16. The summed E-state index contributed by atoms with van der Waals surface area (Å²) in [4.78, 5) is 9.52. The summed E-state index contributed by atoms with van der Waals surface area (Å²) in [5.74, 6) is 4.52. The van der Waals surface area contributed by atoms with E-state index in [9.17, 15) is 0 Å². The molecule has 0 aliphatic heterocycles. The van der Waals surface area contributed by atoms with Crippen LogP contribution in [0.1, 0.15) is 63.3 Å². The molecule has 0 spiro atoms. The zero-order chi connectivity index (χ0) is 14.1. The quantitative estimate of drug-likeness (QED) is 0.859. The van der Waals surface area contributed by atoms with Gasteiger partial charge >= 0.3 is 0 Å². The van der Waals surface area contributed by atoms with Gasteiger partial charge in [-0.3, -0.25) is 0 Å². The molecule has 3 rings (SSSR count). The molecule has 1 aromatic heterocycles. The molecule has 0 saturated heterocycles. The number of nitrogens with zero attached hydrogens (tertiary/aromatic N) is 2. The van der Waals surface area contributed by atoms with Gasteiger partial charge in [-0.05, 0) is 51.9 Å². The van der Waals surface area contributed by atoms with Crippen LogP contribution in [0, 0.1) is 12.8 Å². The van der Waals surface area contributed by atoms with E-state index in [0.29, 0.717) is 12.0 Å². The van der Waals surface area contributed by atoms with Gasteiger partial charge in [0.1, 0.15) is 17.5 Å². The molecule has 0 bridgehead atoms. The number of rotatable bonds is 5. The van der Waals surface area contributed by atoms with Crippen LogP contribution in [0.15, 0.2) is 0 Å². The molecule has 2 aliphatic rings. The Hall–Kier alpha value is -1.32. The van der Waals surface area contributed by atoms with Crippen molar-refractivity contribution in [2.24, 2.45) is 5.92 Å². The second-order valence-corrected chi connectivity index (χ2v) is 6.47. The van der Waals surface area contributed by atoms with Crippen LogP contribution in [0.3, 0.4) is 0 Å². The molecule has 1 aromatic rings. The lowest BCUT2D eigenvalue weighted by atomic mass is 10.1. The predicted molar refractivity (Wildman–Crippen MR) is 83.3 cm³/mol. The average Bonchev–Trinajstić information content (AvgIpc) is 3.19. The first-order valence-electron chi connectivity index (χ1n) is 8.06. The summed E-state index contributed by atoms with van der Waals surface area (Å²) in [5, 5.41) is 7.05. The van der Waals surface area contributed by atoms with E-state index in [1.165, 1.54) is 32.1 Å². The van der Waals surface area contributed by atoms with Crippen molar-refractivity contribution in [3.8, 4) is 0 Å². The third-order valence-corrected chi connectivity index (χ3v) is 4.49. The van der Waals surface area contributed by atoms with Gasteiger partial charge in [0.05, 0.1) is 0 Å². The number of hydrogen-bond acceptors (Lipinski definition) is 4. The summed E-state index contributed by atoms with van der Waals surface area (Å²) >= 11 is 0. The van der Waals surface area contributed by atoms with E-state index >= 15 is 0 Å². The number of anilines is 2. The van der Waals surface area contributed by atoms with Crippen LogP contribution >= 0.6 is 0 Å². The molecule has 2 fully saturated rings.